The van der Waals surface area contributed by atoms with E-state index in [4.69, 9.17) is 5.73 Å². The van der Waals surface area contributed by atoms with Crippen LogP contribution in [0.2, 0.25) is 0 Å². The van der Waals surface area contributed by atoms with Crippen molar-refractivity contribution in [1.29, 1.82) is 0 Å². The number of ketones is 2. The largest absolute Gasteiger partial charge is 0.370 e. The maximum Gasteiger partial charge on any atom is 0.253 e. The van der Waals surface area contributed by atoms with Crippen LogP contribution in [-0.2, 0) is 28.8 Å². The minimum Gasteiger partial charge on any atom is -0.370 e. The number of nitrogens with zero attached hydrogens (tertiary/aromatic N) is 1. The zero-order valence-electron chi connectivity index (χ0n) is 21.5. The Morgan fingerprint density at radius 1 is 0.886 bits per heavy atom. The van der Waals surface area contributed by atoms with Crippen LogP contribution in [0, 0.1) is 17.8 Å². The Bertz CT molecular complexity index is 800. The molecule has 9 nitrogen and oxygen atoms in total. The zero-order valence-corrected chi connectivity index (χ0v) is 21.5. The fraction of sp³-hybridized carbons (Fsp3) is 0.692. The second-order valence-electron chi connectivity index (χ2n) is 9.90. The number of nitrogens with one attached hydrogen (secondary N) is 1. The first-order valence-electron chi connectivity index (χ1n) is 12.6. The van der Waals surface area contributed by atoms with E-state index in [1.54, 1.807) is 13.8 Å². The predicted octanol–water partition coefficient (Wildman–Crippen LogP) is 2.46. The molecule has 0 aromatic heterocycles. The molecule has 0 unspecified atom stereocenters. The van der Waals surface area contributed by atoms with Crippen LogP contribution in [0.15, 0.2) is 12.2 Å². The zero-order chi connectivity index (χ0) is 26.5. The van der Waals surface area contributed by atoms with E-state index in [0.717, 1.165) is 0 Å². The molecule has 0 saturated heterocycles. The first kappa shape index (κ1) is 30.2. The van der Waals surface area contributed by atoms with Gasteiger partial charge < -0.3 is 11.1 Å². The fourth-order valence-corrected chi connectivity index (χ4v) is 4.01. The number of Topliss-reactive ketones (excluding diaryl/α,β-unsaturated/α-hetero) is 2. The van der Waals surface area contributed by atoms with Crippen molar-refractivity contribution in [3.8, 4) is 0 Å². The summed E-state index contributed by atoms with van der Waals surface area (Å²) in [5.41, 5.74) is 5.17. The van der Waals surface area contributed by atoms with Gasteiger partial charge in [0.15, 0.2) is 5.78 Å². The molecule has 1 rings (SSSR count). The van der Waals surface area contributed by atoms with Gasteiger partial charge in [0.05, 0.1) is 6.04 Å². The summed E-state index contributed by atoms with van der Waals surface area (Å²) in [4.78, 5) is 73.5. The second-order valence-corrected chi connectivity index (χ2v) is 9.90. The van der Waals surface area contributed by atoms with E-state index in [1.165, 1.54) is 17.1 Å². The Morgan fingerprint density at radius 3 is 2.03 bits per heavy atom. The third kappa shape index (κ3) is 11.0. The van der Waals surface area contributed by atoms with Gasteiger partial charge in [-0.15, -0.1) is 0 Å². The molecule has 0 aromatic rings. The molecule has 2 atom stereocenters. The van der Waals surface area contributed by atoms with Gasteiger partial charge in [0.1, 0.15) is 5.78 Å². The van der Waals surface area contributed by atoms with E-state index in [2.05, 4.69) is 5.32 Å². The minimum absolute atomic E-state index is 0.0259. The van der Waals surface area contributed by atoms with Gasteiger partial charge in [-0.25, -0.2) is 0 Å². The molecule has 0 spiro atoms. The Labute approximate surface area is 208 Å². The summed E-state index contributed by atoms with van der Waals surface area (Å²) < 4.78 is 0. The number of hydrogen-bond acceptors (Lipinski definition) is 6. The van der Waals surface area contributed by atoms with Crippen LogP contribution in [0.3, 0.4) is 0 Å². The maximum atomic E-state index is 13.0. The SMILES string of the molecule is CC(C)C(=O)[C@H](CCCCC(N)=O)NC(=O)[C@@H](CC(=O)CCCCCN1C(=O)C=CC1=O)C(C)C. The van der Waals surface area contributed by atoms with Crippen molar-refractivity contribution < 1.29 is 28.8 Å². The van der Waals surface area contributed by atoms with Gasteiger partial charge in [0, 0.05) is 49.8 Å². The minimum atomic E-state index is -0.655. The molecule has 1 aliphatic heterocycles. The average Bonchev–Trinajstić information content (AvgIpc) is 3.10. The van der Waals surface area contributed by atoms with Gasteiger partial charge in [0.2, 0.25) is 11.8 Å². The van der Waals surface area contributed by atoms with Gasteiger partial charge >= 0.3 is 0 Å². The summed E-state index contributed by atoms with van der Waals surface area (Å²) in [6.45, 7) is 7.64. The van der Waals surface area contributed by atoms with Crippen molar-refractivity contribution in [2.75, 3.05) is 6.54 Å². The third-order valence-electron chi connectivity index (χ3n) is 6.22. The van der Waals surface area contributed by atoms with Gasteiger partial charge in [-0.05, 0) is 31.6 Å². The lowest BCUT2D eigenvalue weighted by molar-refractivity contribution is -0.137. The number of carbonyl (C=O) groups excluding carboxylic acids is 6. The average molecular weight is 492 g/mol. The van der Waals surface area contributed by atoms with Crippen molar-refractivity contribution in [3.63, 3.8) is 0 Å². The van der Waals surface area contributed by atoms with Crippen molar-refractivity contribution in [3.05, 3.63) is 12.2 Å². The molecule has 196 valence electrons. The molecule has 35 heavy (non-hydrogen) atoms. The number of imide groups is 1. The van der Waals surface area contributed by atoms with E-state index >= 15 is 0 Å². The highest BCUT2D eigenvalue weighted by Gasteiger charge is 2.30. The normalized spacial score (nSPS) is 15.1. The maximum absolute atomic E-state index is 13.0. The van der Waals surface area contributed by atoms with Crippen LogP contribution in [0.4, 0.5) is 0 Å². The second kappa shape index (κ2) is 15.2. The molecule has 0 bridgehead atoms. The number of nitrogens with two attached hydrogens (primary N) is 1. The lowest BCUT2D eigenvalue weighted by atomic mass is 9.87. The van der Waals surface area contributed by atoms with Crippen LogP contribution in [0.25, 0.3) is 0 Å². The van der Waals surface area contributed by atoms with Crippen LogP contribution in [0.5, 0.6) is 0 Å². The molecule has 0 saturated carbocycles. The van der Waals surface area contributed by atoms with E-state index in [0.29, 0.717) is 51.5 Å². The third-order valence-corrected chi connectivity index (χ3v) is 6.22. The quantitative estimate of drug-likeness (QED) is 0.223. The summed E-state index contributed by atoms with van der Waals surface area (Å²) in [5.74, 6) is -2.28. The van der Waals surface area contributed by atoms with Gasteiger partial charge in [-0.1, -0.05) is 40.5 Å². The van der Waals surface area contributed by atoms with E-state index in [9.17, 15) is 28.8 Å². The first-order chi connectivity index (χ1) is 16.4. The van der Waals surface area contributed by atoms with Crippen molar-refractivity contribution in [2.24, 2.45) is 23.5 Å². The van der Waals surface area contributed by atoms with Crippen molar-refractivity contribution >= 4 is 35.2 Å². The van der Waals surface area contributed by atoms with Crippen LogP contribution >= 0.6 is 0 Å². The molecule has 3 N–H and O–H groups in total. The molecule has 0 fully saturated rings. The molecule has 1 heterocycles. The molecule has 9 heteroatoms. The van der Waals surface area contributed by atoms with Gasteiger partial charge in [-0.3, -0.25) is 33.7 Å². The number of rotatable bonds is 18. The lowest BCUT2D eigenvalue weighted by Gasteiger charge is -2.25. The molecule has 0 aliphatic carbocycles. The van der Waals surface area contributed by atoms with Crippen LogP contribution in [0.1, 0.15) is 85.5 Å². The lowest BCUT2D eigenvalue weighted by Crippen LogP contribution is -2.46. The van der Waals surface area contributed by atoms with Crippen molar-refractivity contribution in [2.45, 2.75) is 91.5 Å². The number of carbonyl (C=O) groups is 6. The molecule has 1 aliphatic rings. The Kier molecular flexibility index (Phi) is 13.1. The molecule has 0 aromatic carbocycles. The van der Waals surface area contributed by atoms with E-state index in [1.807, 2.05) is 13.8 Å². The molecular weight excluding hydrogens is 450 g/mol. The fourth-order valence-electron chi connectivity index (χ4n) is 4.01. The standard InChI is InChI=1S/C26H41N3O6/c1-17(2)20(16-19(30)10-6-5-9-15-29-23(32)13-14-24(29)33)26(35)28-21(25(34)18(3)4)11-7-8-12-22(27)31/h13-14,17-18,20-21H,5-12,15-16H2,1-4H3,(H2,27,31)(H,28,35)/t20-,21-/m0/s1. The Morgan fingerprint density at radius 2 is 1.49 bits per heavy atom. The van der Waals surface area contributed by atoms with Crippen molar-refractivity contribution in [1.82, 2.24) is 10.2 Å². The topological polar surface area (TPSA) is 144 Å². The molecular formula is C26H41N3O6. The molecule has 4 amide bonds. The highest BCUT2D eigenvalue weighted by molar-refractivity contribution is 6.12. The smallest absolute Gasteiger partial charge is 0.253 e. The monoisotopic (exact) mass is 491 g/mol. The number of amides is 4. The van der Waals surface area contributed by atoms with Crippen LogP contribution in [-0.4, -0.2) is 52.7 Å². The first-order valence-corrected chi connectivity index (χ1v) is 12.6. The number of hydrogen-bond donors (Lipinski definition) is 2. The number of primary amides is 1. The summed E-state index contributed by atoms with van der Waals surface area (Å²) in [6.07, 6.45) is 6.65. The van der Waals surface area contributed by atoms with E-state index in [-0.39, 0.29) is 54.0 Å². The van der Waals surface area contributed by atoms with Gasteiger partial charge in [-0.2, -0.15) is 0 Å². The highest BCUT2D eigenvalue weighted by atomic mass is 16.2. The van der Waals surface area contributed by atoms with E-state index < -0.39 is 17.9 Å². The summed E-state index contributed by atoms with van der Waals surface area (Å²) >= 11 is 0. The number of unbranched alkanes of at least 4 members (excludes halogenated alkanes) is 3. The Hall–Kier alpha value is -2.84. The van der Waals surface area contributed by atoms with Crippen LogP contribution < -0.4 is 11.1 Å². The summed E-state index contributed by atoms with van der Waals surface area (Å²) in [5, 5.41) is 2.86. The summed E-state index contributed by atoms with van der Waals surface area (Å²) in [6, 6.07) is -0.655. The molecule has 0 radical (unpaired) electrons. The highest BCUT2D eigenvalue weighted by Crippen LogP contribution is 2.20. The summed E-state index contributed by atoms with van der Waals surface area (Å²) in [7, 11) is 0. The predicted molar refractivity (Wildman–Crippen MR) is 132 cm³/mol. The van der Waals surface area contributed by atoms with Gasteiger partial charge in [0.25, 0.3) is 11.8 Å². The Balaban J connectivity index is 2.53.